The van der Waals surface area contributed by atoms with Gasteiger partial charge in [0.15, 0.2) is 0 Å². The van der Waals surface area contributed by atoms with Gasteiger partial charge in [-0.1, -0.05) is 13.8 Å². The second-order valence-electron chi connectivity index (χ2n) is 3.92. The fourth-order valence-electron chi connectivity index (χ4n) is 1.26. The average Bonchev–Trinajstić information content (AvgIpc) is 2.16. The van der Waals surface area contributed by atoms with Crippen molar-refractivity contribution >= 4 is 10.0 Å². The van der Waals surface area contributed by atoms with Crippen molar-refractivity contribution in [1.82, 2.24) is 9.62 Å². The lowest BCUT2D eigenvalue weighted by molar-refractivity contribution is 0.293. The molecule has 0 aromatic rings. The number of hydrogen-bond donors (Lipinski definition) is 1. The molecule has 0 spiro atoms. The Kier molecular flexibility index (Phi) is 7.13. The third-order valence-corrected chi connectivity index (χ3v) is 4.19. The van der Waals surface area contributed by atoms with E-state index in [1.807, 2.05) is 0 Å². The summed E-state index contributed by atoms with van der Waals surface area (Å²) in [6.45, 7) is 10.9. The maximum atomic E-state index is 11.4. The van der Waals surface area contributed by atoms with E-state index in [0.29, 0.717) is 6.54 Å². The molecule has 0 aliphatic carbocycles. The number of nitrogens with one attached hydrogen (secondary N) is 1. The van der Waals surface area contributed by atoms with Crippen LogP contribution in [0.2, 0.25) is 0 Å². The SMILES string of the molecule is CCCN(CC)CCNS(=O)(=O)C(C)C. The normalized spacial score (nSPS) is 12.7. The first-order chi connectivity index (χ1) is 6.94. The summed E-state index contributed by atoms with van der Waals surface area (Å²) in [4.78, 5) is 2.24. The van der Waals surface area contributed by atoms with Crippen LogP contribution < -0.4 is 4.72 Å². The van der Waals surface area contributed by atoms with Crippen LogP contribution in [0, 0.1) is 0 Å². The van der Waals surface area contributed by atoms with Crippen LogP contribution in [-0.2, 0) is 10.0 Å². The van der Waals surface area contributed by atoms with Gasteiger partial charge < -0.3 is 4.90 Å². The van der Waals surface area contributed by atoms with E-state index in [-0.39, 0.29) is 5.25 Å². The topological polar surface area (TPSA) is 49.4 Å². The van der Waals surface area contributed by atoms with E-state index in [9.17, 15) is 8.42 Å². The van der Waals surface area contributed by atoms with Crippen molar-refractivity contribution in [3.63, 3.8) is 0 Å². The van der Waals surface area contributed by atoms with Gasteiger partial charge in [0.1, 0.15) is 0 Å². The first-order valence-electron chi connectivity index (χ1n) is 5.64. The Morgan fingerprint density at radius 1 is 1.20 bits per heavy atom. The fraction of sp³-hybridized carbons (Fsp3) is 1.00. The third-order valence-electron chi connectivity index (χ3n) is 2.34. The molecule has 0 aliphatic rings. The van der Waals surface area contributed by atoms with Crippen LogP contribution in [0.25, 0.3) is 0 Å². The summed E-state index contributed by atoms with van der Waals surface area (Å²) in [6, 6.07) is 0. The smallest absolute Gasteiger partial charge is 0.213 e. The Balaban J connectivity index is 3.87. The van der Waals surface area contributed by atoms with Gasteiger partial charge in [0.05, 0.1) is 5.25 Å². The third kappa shape index (κ3) is 6.12. The first-order valence-corrected chi connectivity index (χ1v) is 7.19. The summed E-state index contributed by atoms with van der Waals surface area (Å²) in [5.41, 5.74) is 0. The second kappa shape index (κ2) is 7.19. The summed E-state index contributed by atoms with van der Waals surface area (Å²) in [5.74, 6) is 0. The lowest BCUT2D eigenvalue weighted by Gasteiger charge is -2.19. The number of nitrogens with zero attached hydrogens (tertiary/aromatic N) is 1. The molecule has 0 radical (unpaired) electrons. The quantitative estimate of drug-likeness (QED) is 0.685. The van der Waals surface area contributed by atoms with Gasteiger partial charge in [-0.15, -0.1) is 0 Å². The average molecular weight is 236 g/mol. The Bertz CT molecular complexity index is 250. The van der Waals surface area contributed by atoms with E-state index < -0.39 is 10.0 Å². The first kappa shape index (κ1) is 14.9. The zero-order valence-electron chi connectivity index (χ0n) is 10.3. The summed E-state index contributed by atoms with van der Waals surface area (Å²) < 4.78 is 25.5. The van der Waals surface area contributed by atoms with E-state index >= 15 is 0 Å². The van der Waals surface area contributed by atoms with E-state index in [1.165, 1.54) is 0 Å². The van der Waals surface area contributed by atoms with Crippen molar-refractivity contribution in [2.75, 3.05) is 26.2 Å². The van der Waals surface area contributed by atoms with Gasteiger partial charge in [0, 0.05) is 13.1 Å². The molecule has 0 aromatic heterocycles. The molecule has 4 nitrogen and oxygen atoms in total. The largest absolute Gasteiger partial charge is 0.302 e. The predicted molar refractivity (Wildman–Crippen MR) is 64.5 cm³/mol. The fourth-order valence-corrected chi connectivity index (χ4v) is 1.97. The number of hydrogen-bond acceptors (Lipinski definition) is 3. The van der Waals surface area contributed by atoms with Crippen molar-refractivity contribution in [3.8, 4) is 0 Å². The standard InChI is InChI=1S/C10H24N2O2S/c1-5-8-12(6-2)9-7-11-15(13,14)10(3)4/h10-11H,5-9H2,1-4H3. The Hall–Kier alpha value is -0.130. The highest BCUT2D eigenvalue weighted by Gasteiger charge is 2.14. The van der Waals surface area contributed by atoms with Crippen molar-refractivity contribution < 1.29 is 8.42 Å². The molecule has 0 aromatic carbocycles. The monoisotopic (exact) mass is 236 g/mol. The molecule has 92 valence electrons. The van der Waals surface area contributed by atoms with Gasteiger partial charge in [0.2, 0.25) is 10.0 Å². The Labute approximate surface area is 94.1 Å². The van der Waals surface area contributed by atoms with Crippen molar-refractivity contribution in [3.05, 3.63) is 0 Å². The maximum Gasteiger partial charge on any atom is 0.213 e. The van der Waals surface area contributed by atoms with E-state index in [4.69, 9.17) is 0 Å². The van der Waals surface area contributed by atoms with Gasteiger partial charge in [-0.25, -0.2) is 13.1 Å². The number of rotatable bonds is 8. The van der Waals surface area contributed by atoms with E-state index in [1.54, 1.807) is 13.8 Å². The molecule has 0 bridgehead atoms. The van der Waals surface area contributed by atoms with Crippen LogP contribution in [-0.4, -0.2) is 44.7 Å². The van der Waals surface area contributed by atoms with Gasteiger partial charge >= 0.3 is 0 Å². The van der Waals surface area contributed by atoms with Crippen LogP contribution in [0.3, 0.4) is 0 Å². The van der Waals surface area contributed by atoms with Gasteiger partial charge in [-0.2, -0.15) is 0 Å². The van der Waals surface area contributed by atoms with Gasteiger partial charge in [-0.05, 0) is 33.4 Å². The van der Waals surface area contributed by atoms with Crippen LogP contribution in [0.15, 0.2) is 0 Å². The molecule has 15 heavy (non-hydrogen) atoms. The Morgan fingerprint density at radius 3 is 2.20 bits per heavy atom. The molecule has 0 fully saturated rings. The minimum atomic E-state index is -3.09. The lowest BCUT2D eigenvalue weighted by atomic mass is 10.4. The highest BCUT2D eigenvalue weighted by Crippen LogP contribution is 1.96. The molecular formula is C10H24N2O2S. The molecule has 0 atom stereocenters. The van der Waals surface area contributed by atoms with Crippen LogP contribution in [0.1, 0.15) is 34.1 Å². The van der Waals surface area contributed by atoms with Crippen molar-refractivity contribution in [1.29, 1.82) is 0 Å². The number of likely N-dealkylation sites (N-methyl/N-ethyl adjacent to an activating group) is 1. The van der Waals surface area contributed by atoms with Crippen molar-refractivity contribution in [2.45, 2.75) is 39.4 Å². The zero-order chi connectivity index (χ0) is 11.9. The van der Waals surface area contributed by atoms with Gasteiger partial charge in [0.25, 0.3) is 0 Å². The molecule has 0 amide bonds. The molecule has 0 heterocycles. The summed E-state index contributed by atoms with van der Waals surface area (Å²) >= 11 is 0. The molecule has 0 saturated heterocycles. The molecule has 0 saturated carbocycles. The summed E-state index contributed by atoms with van der Waals surface area (Å²) in [6.07, 6.45) is 1.10. The highest BCUT2D eigenvalue weighted by molar-refractivity contribution is 7.90. The van der Waals surface area contributed by atoms with Crippen molar-refractivity contribution in [2.24, 2.45) is 0 Å². The Morgan fingerprint density at radius 2 is 1.80 bits per heavy atom. The highest BCUT2D eigenvalue weighted by atomic mass is 32.2. The zero-order valence-corrected chi connectivity index (χ0v) is 11.1. The molecule has 0 aliphatic heterocycles. The van der Waals surface area contributed by atoms with E-state index in [0.717, 1.165) is 26.1 Å². The summed E-state index contributed by atoms with van der Waals surface area (Å²) in [7, 11) is -3.09. The minimum absolute atomic E-state index is 0.348. The van der Waals surface area contributed by atoms with Gasteiger partial charge in [-0.3, -0.25) is 0 Å². The minimum Gasteiger partial charge on any atom is -0.302 e. The molecule has 0 unspecified atom stereocenters. The predicted octanol–water partition coefficient (Wildman–Crippen LogP) is 1.05. The second-order valence-corrected chi connectivity index (χ2v) is 6.24. The molecule has 0 rings (SSSR count). The number of sulfonamides is 1. The molecular weight excluding hydrogens is 212 g/mol. The van der Waals surface area contributed by atoms with Crippen LogP contribution in [0.4, 0.5) is 0 Å². The molecule has 5 heteroatoms. The molecule has 1 N–H and O–H groups in total. The van der Waals surface area contributed by atoms with Crippen LogP contribution in [0.5, 0.6) is 0 Å². The lowest BCUT2D eigenvalue weighted by Crippen LogP contribution is -2.38. The maximum absolute atomic E-state index is 11.4. The van der Waals surface area contributed by atoms with E-state index in [2.05, 4.69) is 23.5 Å². The summed E-state index contributed by atoms with van der Waals surface area (Å²) in [5, 5.41) is -0.348. The van der Waals surface area contributed by atoms with Crippen LogP contribution >= 0.6 is 0 Å².